The molecule has 0 aliphatic carbocycles. The van der Waals surface area contributed by atoms with Crippen LogP contribution in [0.5, 0.6) is 0 Å². The summed E-state index contributed by atoms with van der Waals surface area (Å²) in [4.78, 5) is 0. The van der Waals surface area contributed by atoms with Crippen molar-refractivity contribution in [2.75, 3.05) is 13.1 Å². The summed E-state index contributed by atoms with van der Waals surface area (Å²) in [5.74, 6) is 1.65. The van der Waals surface area contributed by atoms with Crippen molar-refractivity contribution in [1.29, 1.82) is 0 Å². The number of hydrogen-bond donors (Lipinski definition) is 2. The van der Waals surface area contributed by atoms with E-state index >= 15 is 0 Å². The zero-order valence-electron chi connectivity index (χ0n) is 9.55. The van der Waals surface area contributed by atoms with E-state index < -0.39 is 0 Å². The van der Waals surface area contributed by atoms with Gasteiger partial charge in [-0.25, -0.2) is 0 Å². The topological polar surface area (TPSA) is 24.1 Å². The molecule has 2 aliphatic rings. The van der Waals surface area contributed by atoms with Crippen LogP contribution in [-0.2, 0) is 0 Å². The smallest absolute Gasteiger partial charge is 0.00962 e. The molecule has 2 saturated heterocycles. The molecule has 82 valence electrons. The highest BCUT2D eigenvalue weighted by Crippen LogP contribution is 2.27. The minimum absolute atomic E-state index is 0.785. The molecule has 2 N–H and O–H groups in total. The van der Waals surface area contributed by atoms with Crippen LogP contribution in [0.2, 0.25) is 0 Å². The fraction of sp³-hybridized carbons (Fsp3) is 1.00. The van der Waals surface area contributed by atoms with E-state index in [4.69, 9.17) is 0 Å². The second kappa shape index (κ2) is 4.63. The summed E-state index contributed by atoms with van der Waals surface area (Å²) in [7, 11) is 0. The van der Waals surface area contributed by atoms with Crippen molar-refractivity contribution in [3.63, 3.8) is 0 Å². The Morgan fingerprint density at radius 3 is 1.57 bits per heavy atom. The van der Waals surface area contributed by atoms with Gasteiger partial charge < -0.3 is 10.6 Å². The third kappa shape index (κ3) is 2.12. The van der Waals surface area contributed by atoms with Crippen LogP contribution < -0.4 is 10.6 Å². The predicted molar refractivity (Wildman–Crippen MR) is 60.4 cm³/mol. The van der Waals surface area contributed by atoms with E-state index in [2.05, 4.69) is 24.5 Å². The summed E-state index contributed by atoms with van der Waals surface area (Å²) in [5, 5.41) is 7.27. The first-order valence-electron chi connectivity index (χ1n) is 6.26. The lowest BCUT2D eigenvalue weighted by molar-refractivity contribution is 0.252. The van der Waals surface area contributed by atoms with Gasteiger partial charge in [-0.15, -0.1) is 0 Å². The highest BCUT2D eigenvalue weighted by Gasteiger charge is 2.31. The molecule has 4 unspecified atom stereocenters. The average molecular weight is 196 g/mol. The molecule has 0 radical (unpaired) electrons. The Kier molecular flexibility index (Phi) is 3.45. The Hall–Kier alpha value is -0.0800. The van der Waals surface area contributed by atoms with Crippen LogP contribution in [0.1, 0.15) is 39.5 Å². The molecular formula is C12H24N2. The van der Waals surface area contributed by atoms with Crippen molar-refractivity contribution >= 4 is 0 Å². The van der Waals surface area contributed by atoms with Crippen molar-refractivity contribution < 1.29 is 0 Å². The number of rotatable bonds is 3. The van der Waals surface area contributed by atoms with Gasteiger partial charge in [-0.3, -0.25) is 0 Å². The molecule has 0 aromatic rings. The van der Waals surface area contributed by atoms with Crippen molar-refractivity contribution in [2.45, 2.75) is 51.6 Å². The van der Waals surface area contributed by atoms with Crippen LogP contribution in [0.15, 0.2) is 0 Å². The van der Waals surface area contributed by atoms with Gasteiger partial charge in [0.25, 0.3) is 0 Å². The molecule has 0 saturated carbocycles. The van der Waals surface area contributed by atoms with Crippen molar-refractivity contribution in [3.8, 4) is 0 Å². The molecule has 2 heteroatoms. The molecule has 2 rings (SSSR count). The molecule has 0 aromatic carbocycles. The van der Waals surface area contributed by atoms with Gasteiger partial charge in [0.15, 0.2) is 0 Å². The minimum atomic E-state index is 0.785. The van der Waals surface area contributed by atoms with E-state index in [0.717, 1.165) is 23.9 Å². The van der Waals surface area contributed by atoms with Crippen LogP contribution in [0.25, 0.3) is 0 Å². The quantitative estimate of drug-likeness (QED) is 0.719. The fourth-order valence-electron chi connectivity index (χ4n) is 3.05. The minimum Gasteiger partial charge on any atom is -0.314 e. The van der Waals surface area contributed by atoms with Crippen molar-refractivity contribution in [2.24, 2.45) is 11.8 Å². The summed E-state index contributed by atoms with van der Waals surface area (Å²) < 4.78 is 0. The Morgan fingerprint density at radius 1 is 0.857 bits per heavy atom. The third-order valence-electron chi connectivity index (χ3n) is 4.30. The average Bonchev–Trinajstić information content (AvgIpc) is 2.87. The molecule has 2 fully saturated rings. The Morgan fingerprint density at radius 2 is 1.29 bits per heavy atom. The molecule has 0 amide bonds. The van der Waals surface area contributed by atoms with Gasteiger partial charge in [0.1, 0.15) is 0 Å². The first-order chi connectivity index (χ1) is 6.79. The van der Waals surface area contributed by atoms with Gasteiger partial charge in [-0.2, -0.15) is 0 Å². The summed E-state index contributed by atoms with van der Waals surface area (Å²) in [6.45, 7) is 7.32. The maximum atomic E-state index is 3.63. The van der Waals surface area contributed by atoms with Gasteiger partial charge in [-0.05, 0) is 50.6 Å². The third-order valence-corrected chi connectivity index (χ3v) is 4.30. The number of hydrogen-bond acceptors (Lipinski definition) is 2. The van der Waals surface area contributed by atoms with E-state index in [1.807, 2.05) is 0 Å². The van der Waals surface area contributed by atoms with Gasteiger partial charge in [0.2, 0.25) is 0 Å². The van der Waals surface area contributed by atoms with Crippen LogP contribution in [0.4, 0.5) is 0 Å². The largest absolute Gasteiger partial charge is 0.314 e. The van der Waals surface area contributed by atoms with Crippen LogP contribution in [-0.4, -0.2) is 25.2 Å². The zero-order chi connectivity index (χ0) is 9.97. The predicted octanol–water partition coefficient (Wildman–Crippen LogP) is 1.76. The maximum absolute atomic E-state index is 3.63. The van der Waals surface area contributed by atoms with E-state index in [1.54, 1.807) is 0 Å². The second-order valence-electron chi connectivity index (χ2n) is 5.12. The monoisotopic (exact) mass is 196 g/mol. The Bertz CT molecular complexity index is 149. The second-order valence-corrected chi connectivity index (χ2v) is 5.12. The molecular weight excluding hydrogens is 172 g/mol. The molecule has 4 atom stereocenters. The van der Waals surface area contributed by atoms with E-state index in [-0.39, 0.29) is 0 Å². The maximum Gasteiger partial charge on any atom is 0.00962 e. The Labute approximate surface area is 87.8 Å². The van der Waals surface area contributed by atoms with Gasteiger partial charge in [0.05, 0.1) is 0 Å². The normalized spacial score (nSPS) is 37.3. The summed E-state index contributed by atoms with van der Waals surface area (Å²) in [6.07, 6.45) is 5.52. The highest BCUT2D eigenvalue weighted by atomic mass is 15.0. The molecule has 0 aromatic heterocycles. The van der Waals surface area contributed by atoms with E-state index in [1.165, 1.54) is 38.8 Å². The highest BCUT2D eigenvalue weighted by molar-refractivity contribution is 4.88. The van der Waals surface area contributed by atoms with Crippen molar-refractivity contribution in [3.05, 3.63) is 0 Å². The van der Waals surface area contributed by atoms with Gasteiger partial charge in [0, 0.05) is 12.1 Å². The van der Waals surface area contributed by atoms with Crippen LogP contribution in [0.3, 0.4) is 0 Å². The summed E-state index contributed by atoms with van der Waals surface area (Å²) >= 11 is 0. The molecule has 2 aliphatic heterocycles. The van der Waals surface area contributed by atoms with E-state index in [9.17, 15) is 0 Å². The lowest BCUT2D eigenvalue weighted by Crippen LogP contribution is -2.40. The SMILES string of the molecule is CC(C1CCCN1)C(C)C1CCCN1. The number of nitrogens with one attached hydrogen (secondary N) is 2. The molecule has 0 spiro atoms. The zero-order valence-corrected chi connectivity index (χ0v) is 9.55. The molecule has 14 heavy (non-hydrogen) atoms. The lowest BCUT2D eigenvalue weighted by Gasteiger charge is -2.30. The van der Waals surface area contributed by atoms with Gasteiger partial charge in [-0.1, -0.05) is 13.8 Å². The lowest BCUT2D eigenvalue weighted by atomic mass is 9.82. The van der Waals surface area contributed by atoms with Crippen LogP contribution in [0, 0.1) is 11.8 Å². The van der Waals surface area contributed by atoms with Crippen molar-refractivity contribution in [1.82, 2.24) is 10.6 Å². The molecule has 2 nitrogen and oxygen atoms in total. The standard InChI is InChI=1S/C12H24N2/c1-9(11-5-3-7-13-11)10(2)12-6-4-8-14-12/h9-14H,3-8H2,1-2H3. The first kappa shape index (κ1) is 10.4. The first-order valence-corrected chi connectivity index (χ1v) is 6.26. The summed E-state index contributed by atoms with van der Waals surface area (Å²) in [5.41, 5.74) is 0. The Balaban J connectivity index is 1.85. The van der Waals surface area contributed by atoms with E-state index in [0.29, 0.717) is 0 Å². The van der Waals surface area contributed by atoms with Crippen LogP contribution >= 0.6 is 0 Å². The van der Waals surface area contributed by atoms with Gasteiger partial charge >= 0.3 is 0 Å². The summed E-state index contributed by atoms with van der Waals surface area (Å²) in [6, 6.07) is 1.57. The fourth-order valence-corrected chi connectivity index (χ4v) is 3.05. The molecule has 2 heterocycles. The molecule has 0 bridgehead atoms.